The molecular formula is C17H14BrClFN3O. The highest BCUT2D eigenvalue weighted by molar-refractivity contribution is 9.10. The number of carbonyl (C=O) groups is 1. The molecule has 24 heavy (non-hydrogen) atoms. The molecule has 1 amide bonds. The summed E-state index contributed by atoms with van der Waals surface area (Å²) in [4.78, 5) is 17.3. The summed E-state index contributed by atoms with van der Waals surface area (Å²) in [7, 11) is 0. The average molecular weight is 411 g/mol. The normalized spacial score (nSPS) is 11.0. The van der Waals surface area contributed by atoms with Gasteiger partial charge in [-0.05, 0) is 59.1 Å². The maximum absolute atomic E-state index is 13.3. The molecule has 0 aliphatic heterocycles. The zero-order chi connectivity index (χ0) is 17.4. The maximum Gasteiger partial charge on any atom is 0.274 e. The molecular weight excluding hydrogens is 397 g/mol. The number of carbonyl (C=O) groups excluding carboxylic acids is 1. The van der Waals surface area contributed by atoms with E-state index in [0.29, 0.717) is 23.5 Å². The third-order valence-corrected chi connectivity index (χ3v) is 4.39. The lowest BCUT2D eigenvalue weighted by molar-refractivity contribution is 0.102. The van der Waals surface area contributed by atoms with Gasteiger partial charge in [0.25, 0.3) is 5.91 Å². The van der Waals surface area contributed by atoms with Gasteiger partial charge in [-0.1, -0.05) is 18.5 Å². The van der Waals surface area contributed by atoms with E-state index in [1.54, 1.807) is 10.6 Å². The second-order valence-corrected chi connectivity index (χ2v) is 6.70. The van der Waals surface area contributed by atoms with Crippen LogP contribution in [0.1, 0.15) is 28.7 Å². The van der Waals surface area contributed by atoms with E-state index in [9.17, 15) is 9.18 Å². The van der Waals surface area contributed by atoms with Crippen LogP contribution in [-0.4, -0.2) is 15.3 Å². The summed E-state index contributed by atoms with van der Waals surface area (Å²) in [6.07, 6.45) is 2.42. The minimum atomic E-state index is -0.529. The van der Waals surface area contributed by atoms with Gasteiger partial charge in [0.15, 0.2) is 0 Å². The molecule has 3 aromatic rings. The van der Waals surface area contributed by atoms with Gasteiger partial charge in [-0.3, -0.25) is 9.20 Å². The van der Waals surface area contributed by atoms with E-state index < -0.39 is 5.82 Å². The molecule has 0 radical (unpaired) electrons. The van der Waals surface area contributed by atoms with E-state index >= 15 is 0 Å². The van der Waals surface area contributed by atoms with Crippen LogP contribution in [0.4, 0.5) is 10.1 Å². The van der Waals surface area contributed by atoms with Gasteiger partial charge in [0, 0.05) is 16.4 Å². The van der Waals surface area contributed by atoms with Crippen molar-refractivity contribution in [2.45, 2.75) is 20.3 Å². The Balaban J connectivity index is 2.07. The fraction of sp³-hybridized carbons (Fsp3) is 0.176. The Morgan fingerprint density at radius 3 is 2.83 bits per heavy atom. The quantitative estimate of drug-likeness (QED) is 0.659. The van der Waals surface area contributed by atoms with E-state index in [1.807, 2.05) is 19.9 Å². The van der Waals surface area contributed by atoms with Crippen LogP contribution in [0.2, 0.25) is 5.02 Å². The molecule has 7 heteroatoms. The molecule has 4 nitrogen and oxygen atoms in total. The first-order chi connectivity index (χ1) is 11.4. The standard InChI is InChI=1S/C17H14BrClFN3O/c1-3-14-15(23-8-10(18)6-9(2)16(23)22-14)17(24)21-11-4-5-13(20)12(19)7-11/h4-8H,3H2,1-2H3,(H,21,24). The van der Waals surface area contributed by atoms with E-state index in [4.69, 9.17) is 11.6 Å². The smallest absolute Gasteiger partial charge is 0.274 e. The summed E-state index contributed by atoms with van der Waals surface area (Å²) in [5.41, 5.74) is 3.27. The molecule has 0 bridgehead atoms. The van der Waals surface area contributed by atoms with Gasteiger partial charge in [-0.2, -0.15) is 0 Å². The van der Waals surface area contributed by atoms with Crippen molar-refractivity contribution in [1.29, 1.82) is 0 Å². The number of imidazole rings is 1. The third-order valence-electron chi connectivity index (χ3n) is 3.67. The summed E-state index contributed by atoms with van der Waals surface area (Å²) in [5.74, 6) is -0.849. The van der Waals surface area contributed by atoms with Crippen LogP contribution in [-0.2, 0) is 6.42 Å². The molecule has 0 saturated carbocycles. The number of nitrogens with zero attached hydrogens (tertiary/aromatic N) is 2. The molecule has 2 aromatic heterocycles. The summed E-state index contributed by atoms with van der Waals surface area (Å²) in [5, 5.41) is 2.71. The number of nitrogens with one attached hydrogen (secondary N) is 1. The minimum absolute atomic E-state index is 0.0414. The molecule has 124 valence electrons. The third kappa shape index (κ3) is 3.03. The minimum Gasteiger partial charge on any atom is -0.321 e. The topological polar surface area (TPSA) is 46.4 Å². The van der Waals surface area contributed by atoms with Crippen LogP contribution >= 0.6 is 27.5 Å². The predicted molar refractivity (Wildman–Crippen MR) is 96.4 cm³/mol. The number of amides is 1. The van der Waals surface area contributed by atoms with Crippen molar-refractivity contribution in [1.82, 2.24) is 9.38 Å². The van der Waals surface area contributed by atoms with Gasteiger partial charge in [0.05, 0.1) is 10.7 Å². The number of hydrogen-bond acceptors (Lipinski definition) is 2. The first-order valence-electron chi connectivity index (χ1n) is 7.34. The van der Waals surface area contributed by atoms with Gasteiger partial charge < -0.3 is 5.32 Å². The Hall–Kier alpha value is -1.92. The van der Waals surface area contributed by atoms with Crippen LogP contribution < -0.4 is 5.32 Å². The number of fused-ring (bicyclic) bond motifs is 1. The van der Waals surface area contributed by atoms with Crippen LogP contribution in [0, 0.1) is 12.7 Å². The Morgan fingerprint density at radius 2 is 2.17 bits per heavy atom. The molecule has 0 unspecified atom stereocenters. The number of aromatic nitrogens is 2. The summed E-state index contributed by atoms with van der Waals surface area (Å²) < 4.78 is 15.9. The fourth-order valence-electron chi connectivity index (χ4n) is 2.57. The van der Waals surface area contributed by atoms with Crippen molar-refractivity contribution in [2.24, 2.45) is 0 Å². The molecule has 0 spiro atoms. The number of hydrogen-bond donors (Lipinski definition) is 1. The Bertz CT molecular complexity index is 955. The summed E-state index contributed by atoms with van der Waals surface area (Å²) in [6, 6.07) is 6.01. The van der Waals surface area contributed by atoms with E-state index in [0.717, 1.165) is 15.7 Å². The fourth-order valence-corrected chi connectivity index (χ4v) is 3.30. The van der Waals surface area contributed by atoms with Crippen LogP contribution in [0.5, 0.6) is 0 Å². The molecule has 1 N–H and O–H groups in total. The highest BCUT2D eigenvalue weighted by Crippen LogP contribution is 2.23. The molecule has 0 saturated heterocycles. The number of halogens is 3. The molecule has 0 aliphatic carbocycles. The Kier molecular flexibility index (Phi) is 4.60. The Morgan fingerprint density at radius 1 is 1.42 bits per heavy atom. The van der Waals surface area contributed by atoms with Crippen LogP contribution in [0.3, 0.4) is 0 Å². The highest BCUT2D eigenvalue weighted by atomic mass is 79.9. The van der Waals surface area contributed by atoms with Crippen molar-refractivity contribution in [2.75, 3.05) is 5.32 Å². The monoisotopic (exact) mass is 409 g/mol. The van der Waals surface area contributed by atoms with E-state index in [-0.39, 0.29) is 10.9 Å². The maximum atomic E-state index is 13.3. The van der Waals surface area contributed by atoms with E-state index in [1.165, 1.54) is 18.2 Å². The van der Waals surface area contributed by atoms with Crippen molar-refractivity contribution in [3.8, 4) is 0 Å². The van der Waals surface area contributed by atoms with Gasteiger partial charge in [0.1, 0.15) is 17.2 Å². The van der Waals surface area contributed by atoms with Crippen molar-refractivity contribution < 1.29 is 9.18 Å². The van der Waals surface area contributed by atoms with Gasteiger partial charge in [0.2, 0.25) is 0 Å². The first-order valence-corrected chi connectivity index (χ1v) is 8.51. The SMILES string of the molecule is CCc1nc2c(C)cc(Br)cn2c1C(=O)Nc1ccc(F)c(Cl)c1. The number of anilines is 1. The van der Waals surface area contributed by atoms with Crippen LogP contribution in [0.15, 0.2) is 34.9 Å². The first kappa shape index (κ1) is 16.9. The van der Waals surface area contributed by atoms with Gasteiger partial charge in [-0.15, -0.1) is 0 Å². The molecule has 0 fully saturated rings. The van der Waals surface area contributed by atoms with E-state index in [2.05, 4.69) is 26.2 Å². The lowest BCUT2D eigenvalue weighted by Gasteiger charge is -2.08. The van der Waals surface area contributed by atoms with Gasteiger partial charge >= 0.3 is 0 Å². The Labute approximate surface area is 151 Å². The lowest BCUT2D eigenvalue weighted by atomic mass is 10.2. The molecule has 0 atom stereocenters. The predicted octanol–water partition coefficient (Wildman–Crippen LogP) is 5.01. The summed E-state index contributed by atoms with van der Waals surface area (Å²) >= 11 is 9.21. The lowest BCUT2D eigenvalue weighted by Crippen LogP contribution is -2.16. The largest absolute Gasteiger partial charge is 0.321 e. The zero-order valence-corrected chi connectivity index (χ0v) is 15.4. The number of rotatable bonds is 3. The molecule has 3 rings (SSSR count). The van der Waals surface area contributed by atoms with Crippen molar-refractivity contribution in [3.05, 3.63) is 62.7 Å². The molecule has 1 aromatic carbocycles. The zero-order valence-electron chi connectivity index (χ0n) is 13.0. The molecule has 2 heterocycles. The highest BCUT2D eigenvalue weighted by Gasteiger charge is 2.20. The molecule has 0 aliphatic rings. The second-order valence-electron chi connectivity index (χ2n) is 5.38. The van der Waals surface area contributed by atoms with Crippen molar-refractivity contribution in [3.63, 3.8) is 0 Å². The summed E-state index contributed by atoms with van der Waals surface area (Å²) in [6.45, 7) is 3.88. The average Bonchev–Trinajstić information content (AvgIpc) is 2.89. The van der Waals surface area contributed by atoms with Crippen LogP contribution in [0.25, 0.3) is 5.65 Å². The number of aryl methyl sites for hydroxylation is 2. The number of pyridine rings is 1. The second kappa shape index (κ2) is 6.53. The number of benzene rings is 1. The van der Waals surface area contributed by atoms with Crippen molar-refractivity contribution >= 4 is 44.8 Å². The van der Waals surface area contributed by atoms with Gasteiger partial charge in [-0.25, -0.2) is 9.37 Å².